The lowest BCUT2D eigenvalue weighted by Gasteiger charge is -2.22. The topological polar surface area (TPSA) is 37.4 Å². The minimum absolute atomic E-state index is 0.363. The van der Waals surface area contributed by atoms with Crippen LogP contribution in [0.3, 0.4) is 0 Å². The fourth-order valence-corrected chi connectivity index (χ4v) is 2.35. The van der Waals surface area contributed by atoms with E-state index in [0.29, 0.717) is 6.10 Å². The SMILES string of the molecule is CN(C)c1ncc(OC2CCNCC2)s1. The highest BCUT2D eigenvalue weighted by molar-refractivity contribution is 7.17. The fourth-order valence-electron chi connectivity index (χ4n) is 1.59. The Morgan fingerprint density at radius 3 is 2.80 bits per heavy atom. The molecule has 1 aromatic heterocycles. The number of piperidine rings is 1. The number of nitrogens with one attached hydrogen (secondary N) is 1. The molecule has 1 fully saturated rings. The summed E-state index contributed by atoms with van der Waals surface area (Å²) >= 11 is 1.61. The number of hydrogen-bond donors (Lipinski definition) is 1. The molecule has 5 heteroatoms. The summed E-state index contributed by atoms with van der Waals surface area (Å²) < 4.78 is 5.88. The summed E-state index contributed by atoms with van der Waals surface area (Å²) in [5.74, 6) is 0. The highest BCUT2D eigenvalue weighted by atomic mass is 32.1. The standard InChI is InChI=1S/C10H17N3OS/c1-13(2)10-12-7-9(15-10)14-8-3-5-11-6-4-8/h7-8,11H,3-6H2,1-2H3. The van der Waals surface area contributed by atoms with Gasteiger partial charge in [-0.25, -0.2) is 4.98 Å². The first-order valence-electron chi connectivity index (χ1n) is 5.26. The van der Waals surface area contributed by atoms with Crippen molar-refractivity contribution in [3.8, 4) is 5.06 Å². The van der Waals surface area contributed by atoms with Crippen LogP contribution in [0.2, 0.25) is 0 Å². The summed E-state index contributed by atoms with van der Waals surface area (Å²) in [7, 11) is 3.99. The van der Waals surface area contributed by atoms with E-state index >= 15 is 0 Å². The second-order valence-electron chi connectivity index (χ2n) is 3.92. The van der Waals surface area contributed by atoms with Crippen LogP contribution in [0.5, 0.6) is 5.06 Å². The summed E-state index contributed by atoms with van der Waals surface area (Å²) in [5.41, 5.74) is 0. The summed E-state index contributed by atoms with van der Waals surface area (Å²) in [6.45, 7) is 2.12. The minimum atomic E-state index is 0.363. The van der Waals surface area contributed by atoms with E-state index in [4.69, 9.17) is 4.74 Å². The van der Waals surface area contributed by atoms with Crippen molar-refractivity contribution in [2.24, 2.45) is 0 Å². The fraction of sp³-hybridized carbons (Fsp3) is 0.700. The number of aromatic nitrogens is 1. The molecule has 15 heavy (non-hydrogen) atoms. The van der Waals surface area contributed by atoms with Gasteiger partial charge >= 0.3 is 0 Å². The van der Waals surface area contributed by atoms with Crippen molar-refractivity contribution in [1.29, 1.82) is 0 Å². The zero-order valence-electron chi connectivity index (χ0n) is 9.19. The van der Waals surface area contributed by atoms with E-state index in [9.17, 15) is 0 Å². The molecular formula is C10H17N3OS. The summed E-state index contributed by atoms with van der Waals surface area (Å²) in [5, 5.41) is 5.26. The van der Waals surface area contributed by atoms with Gasteiger partial charge in [0, 0.05) is 14.1 Å². The molecule has 2 rings (SSSR count). The highest BCUT2D eigenvalue weighted by Gasteiger charge is 2.15. The molecule has 4 nitrogen and oxygen atoms in total. The third kappa shape index (κ3) is 2.82. The van der Waals surface area contributed by atoms with E-state index in [2.05, 4.69) is 10.3 Å². The molecule has 1 aliphatic heterocycles. The Hall–Kier alpha value is -0.810. The maximum absolute atomic E-state index is 5.88. The van der Waals surface area contributed by atoms with Crippen molar-refractivity contribution in [3.63, 3.8) is 0 Å². The first-order valence-corrected chi connectivity index (χ1v) is 6.08. The Morgan fingerprint density at radius 1 is 1.47 bits per heavy atom. The summed E-state index contributed by atoms with van der Waals surface area (Å²) in [4.78, 5) is 6.28. The maximum Gasteiger partial charge on any atom is 0.196 e. The highest BCUT2D eigenvalue weighted by Crippen LogP contribution is 2.29. The van der Waals surface area contributed by atoms with Crippen LogP contribution in [0, 0.1) is 0 Å². The molecule has 0 atom stereocenters. The second kappa shape index (κ2) is 4.81. The van der Waals surface area contributed by atoms with Crippen LogP contribution in [0.25, 0.3) is 0 Å². The van der Waals surface area contributed by atoms with Crippen molar-refractivity contribution in [2.75, 3.05) is 32.1 Å². The largest absolute Gasteiger partial charge is 0.479 e. The lowest BCUT2D eigenvalue weighted by molar-refractivity contribution is 0.167. The van der Waals surface area contributed by atoms with E-state index < -0.39 is 0 Å². The predicted octanol–water partition coefficient (Wildman–Crippen LogP) is 1.34. The molecule has 1 aromatic rings. The predicted molar refractivity (Wildman–Crippen MR) is 63.0 cm³/mol. The molecule has 0 unspecified atom stereocenters. The van der Waals surface area contributed by atoms with Gasteiger partial charge in [-0.05, 0) is 25.9 Å². The van der Waals surface area contributed by atoms with Gasteiger partial charge in [-0.15, -0.1) is 0 Å². The smallest absolute Gasteiger partial charge is 0.196 e. The lowest BCUT2D eigenvalue weighted by Crippen LogP contribution is -2.33. The lowest BCUT2D eigenvalue weighted by atomic mass is 10.1. The zero-order valence-corrected chi connectivity index (χ0v) is 10.0. The molecule has 0 radical (unpaired) electrons. The van der Waals surface area contributed by atoms with Crippen molar-refractivity contribution in [2.45, 2.75) is 18.9 Å². The van der Waals surface area contributed by atoms with E-state index in [1.54, 1.807) is 11.3 Å². The van der Waals surface area contributed by atoms with E-state index in [1.165, 1.54) is 0 Å². The van der Waals surface area contributed by atoms with Gasteiger partial charge in [0.05, 0.1) is 6.20 Å². The molecule has 0 aliphatic carbocycles. The Balaban J connectivity index is 1.91. The Kier molecular flexibility index (Phi) is 3.43. The van der Waals surface area contributed by atoms with Gasteiger partial charge in [0.1, 0.15) is 6.10 Å². The zero-order chi connectivity index (χ0) is 10.7. The number of ether oxygens (including phenoxy) is 1. The molecule has 0 bridgehead atoms. The van der Waals surface area contributed by atoms with Crippen molar-refractivity contribution in [1.82, 2.24) is 10.3 Å². The molecule has 0 aromatic carbocycles. The monoisotopic (exact) mass is 227 g/mol. The van der Waals surface area contributed by atoms with Crippen molar-refractivity contribution in [3.05, 3.63) is 6.20 Å². The van der Waals surface area contributed by atoms with Gasteiger partial charge < -0.3 is 15.0 Å². The molecule has 84 valence electrons. The Labute approximate surface area is 94.3 Å². The van der Waals surface area contributed by atoms with Gasteiger partial charge in [0.15, 0.2) is 10.2 Å². The van der Waals surface area contributed by atoms with Crippen LogP contribution >= 0.6 is 11.3 Å². The summed E-state index contributed by atoms with van der Waals surface area (Å²) in [6.07, 6.45) is 4.37. The normalized spacial score (nSPS) is 17.7. The van der Waals surface area contributed by atoms with Gasteiger partial charge in [-0.3, -0.25) is 0 Å². The molecule has 0 saturated carbocycles. The van der Waals surface area contributed by atoms with Crippen molar-refractivity contribution >= 4 is 16.5 Å². The number of hydrogen-bond acceptors (Lipinski definition) is 5. The van der Waals surface area contributed by atoms with Crippen LogP contribution in [-0.4, -0.2) is 38.3 Å². The van der Waals surface area contributed by atoms with Crippen LogP contribution in [0.4, 0.5) is 5.13 Å². The van der Waals surface area contributed by atoms with Gasteiger partial charge in [0.2, 0.25) is 0 Å². The number of rotatable bonds is 3. The van der Waals surface area contributed by atoms with E-state index in [1.807, 2.05) is 25.2 Å². The molecule has 2 heterocycles. The van der Waals surface area contributed by atoms with E-state index in [0.717, 1.165) is 36.1 Å². The first-order chi connectivity index (χ1) is 7.25. The quantitative estimate of drug-likeness (QED) is 0.845. The van der Waals surface area contributed by atoms with Gasteiger partial charge in [-0.1, -0.05) is 11.3 Å². The second-order valence-corrected chi connectivity index (χ2v) is 4.90. The molecule has 1 aliphatic rings. The molecular weight excluding hydrogens is 210 g/mol. The maximum atomic E-state index is 5.88. The van der Waals surface area contributed by atoms with Crippen LogP contribution in [0.1, 0.15) is 12.8 Å². The third-order valence-corrected chi connectivity index (χ3v) is 3.48. The number of nitrogens with zero attached hydrogens (tertiary/aromatic N) is 2. The number of thiazole rings is 1. The van der Waals surface area contributed by atoms with Crippen molar-refractivity contribution < 1.29 is 4.74 Å². The van der Waals surface area contributed by atoms with E-state index in [-0.39, 0.29) is 0 Å². The van der Waals surface area contributed by atoms with Gasteiger partial charge in [-0.2, -0.15) is 0 Å². The van der Waals surface area contributed by atoms with Gasteiger partial charge in [0.25, 0.3) is 0 Å². The van der Waals surface area contributed by atoms with Crippen LogP contribution in [-0.2, 0) is 0 Å². The molecule has 0 amide bonds. The minimum Gasteiger partial charge on any atom is -0.479 e. The molecule has 0 spiro atoms. The Morgan fingerprint density at radius 2 is 2.20 bits per heavy atom. The molecule has 1 saturated heterocycles. The van der Waals surface area contributed by atoms with Crippen LogP contribution in [0.15, 0.2) is 6.20 Å². The number of anilines is 1. The average Bonchev–Trinajstić information content (AvgIpc) is 2.68. The third-order valence-electron chi connectivity index (χ3n) is 2.42. The Bertz CT molecular complexity index is 307. The summed E-state index contributed by atoms with van der Waals surface area (Å²) in [6, 6.07) is 0. The first kappa shape index (κ1) is 10.7. The molecule has 1 N–H and O–H groups in total. The average molecular weight is 227 g/mol. The van der Waals surface area contributed by atoms with Crippen LogP contribution < -0.4 is 15.0 Å².